The maximum absolute atomic E-state index is 9.91. The number of phenolic OH excluding ortho intramolecular Hbond substituents is 1. The highest BCUT2D eigenvalue weighted by Crippen LogP contribution is 2.28. The third-order valence-corrected chi connectivity index (χ3v) is 2.94. The number of methoxy groups -OCH3 is 1. The van der Waals surface area contributed by atoms with E-state index in [1.165, 1.54) is 0 Å². The Bertz CT molecular complexity index is 367. The summed E-state index contributed by atoms with van der Waals surface area (Å²) in [6, 6.07) is 5.55. The van der Waals surface area contributed by atoms with Crippen molar-refractivity contribution >= 4 is 0 Å². The summed E-state index contributed by atoms with van der Waals surface area (Å²) in [6.07, 6.45) is 1.09. The zero-order valence-corrected chi connectivity index (χ0v) is 11.7. The Kier molecular flexibility index (Phi) is 5.95. The Morgan fingerprint density at radius 3 is 2.67 bits per heavy atom. The predicted octanol–water partition coefficient (Wildman–Crippen LogP) is 2.00. The molecular formula is C14H24N2O2. The van der Waals surface area contributed by atoms with Gasteiger partial charge in [0.25, 0.3) is 0 Å². The fraction of sp³-hybridized carbons (Fsp3) is 0.571. The highest BCUT2D eigenvalue weighted by molar-refractivity contribution is 5.41. The van der Waals surface area contributed by atoms with Gasteiger partial charge in [-0.1, -0.05) is 6.07 Å². The molecule has 0 bridgehead atoms. The number of nitrogens with one attached hydrogen (secondary N) is 1. The van der Waals surface area contributed by atoms with Crippen molar-refractivity contribution < 1.29 is 9.84 Å². The molecular weight excluding hydrogens is 228 g/mol. The average molecular weight is 252 g/mol. The maximum atomic E-state index is 9.91. The number of aromatic hydroxyl groups is 1. The lowest BCUT2D eigenvalue weighted by Crippen LogP contribution is -2.23. The Balaban J connectivity index is 2.48. The number of benzene rings is 1. The van der Waals surface area contributed by atoms with Crippen LogP contribution in [0.4, 0.5) is 0 Å². The highest BCUT2D eigenvalue weighted by Gasteiger charge is 2.10. The molecule has 1 unspecified atom stereocenters. The van der Waals surface area contributed by atoms with Gasteiger partial charge in [0.05, 0.1) is 7.11 Å². The van der Waals surface area contributed by atoms with Crippen LogP contribution in [0.25, 0.3) is 0 Å². The molecule has 2 N–H and O–H groups in total. The summed E-state index contributed by atoms with van der Waals surface area (Å²) in [5, 5.41) is 13.3. The van der Waals surface area contributed by atoms with E-state index in [4.69, 9.17) is 4.74 Å². The Labute approximate surface area is 110 Å². The van der Waals surface area contributed by atoms with Gasteiger partial charge in [-0.15, -0.1) is 0 Å². The van der Waals surface area contributed by atoms with Gasteiger partial charge in [0, 0.05) is 17.7 Å². The molecule has 1 aromatic carbocycles. The molecule has 0 fully saturated rings. The molecule has 0 heterocycles. The molecule has 0 aliphatic rings. The first-order valence-electron chi connectivity index (χ1n) is 6.29. The molecule has 4 heteroatoms. The summed E-state index contributed by atoms with van der Waals surface area (Å²) in [5.74, 6) is 0.956. The number of rotatable bonds is 7. The zero-order valence-electron chi connectivity index (χ0n) is 11.7. The van der Waals surface area contributed by atoms with Crippen LogP contribution in [0.1, 0.15) is 24.9 Å². The zero-order chi connectivity index (χ0) is 13.5. The third-order valence-electron chi connectivity index (χ3n) is 2.94. The minimum Gasteiger partial charge on any atom is -0.507 e. The van der Waals surface area contributed by atoms with Crippen molar-refractivity contribution in [3.8, 4) is 11.5 Å². The first kappa shape index (κ1) is 14.8. The van der Waals surface area contributed by atoms with Crippen molar-refractivity contribution in [1.29, 1.82) is 0 Å². The molecule has 0 saturated heterocycles. The summed E-state index contributed by atoms with van der Waals surface area (Å²) >= 11 is 0. The van der Waals surface area contributed by atoms with Crippen LogP contribution >= 0.6 is 0 Å². The van der Waals surface area contributed by atoms with Crippen molar-refractivity contribution in [2.45, 2.75) is 19.4 Å². The third kappa shape index (κ3) is 4.55. The molecule has 102 valence electrons. The van der Waals surface area contributed by atoms with Gasteiger partial charge in [-0.05, 0) is 46.6 Å². The standard InChI is InChI=1S/C14H24N2O2/c1-11(15-8-5-9-16(2)3)13-7-6-12(18-4)10-14(13)17/h6-7,10-11,15,17H,5,8-9H2,1-4H3. The normalized spacial score (nSPS) is 12.7. The van der Waals surface area contributed by atoms with Gasteiger partial charge in [-0.2, -0.15) is 0 Å². The smallest absolute Gasteiger partial charge is 0.124 e. The number of ether oxygens (including phenoxy) is 1. The summed E-state index contributed by atoms with van der Waals surface area (Å²) in [4.78, 5) is 2.16. The quantitative estimate of drug-likeness (QED) is 0.729. The molecule has 0 aliphatic heterocycles. The summed E-state index contributed by atoms with van der Waals surface area (Å²) in [7, 11) is 5.73. The molecule has 4 nitrogen and oxygen atoms in total. The van der Waals surface area contributed by atoms with Gasteiger partial charge in [-0.3, -0.25) is 0 Å². The Morgan fingerprint density at radius 2 is 2.11 bits per heavy atom. The van der Waals surface area contributed by atoms with E-state index in [1.54, 1.807) is 13.2 Å². The van der Waals surface area contributed by atoms with E-state index in [0.29, 0.717) is 5.75 Å². The molecule has 1 rings (SSSR count). The molecule has 0 saturated carbocycles. The first-order valence-corrected chi connectivity index (χ1v) is 6.29. The SMILES string of the molecule is COc1ccc(C(C)NCCCN(C)C)c(O)c1. The van der Waals surface area contributed by atoms with E-state index in [9.17, 15) is 5.11 Å². The second kappa shape index (κ2) is 7.24. The fourth-order valence-corrected chi connectivity index (χ4v) is 1.84. The fourth-order valence-electron chi connectivity index (χ4n) is 1.84. The van der Waals surface area contributed by atoms with Crippen LogP contribution in [-0.4, -0.2) is 44.3 Å². The molecule has 0 aliphatic carbocycles. The maximum Gasteiger partial charge on any atom is 0.124 e. The monoisotopic (exact) mass is 252 g/mol. The lowest BCUT2D eigenvalue weighted by Gasteiger charge is -2.17. The Morgan fingerprint density at radius 1 is 1.39 bits per heavy atom. The van der Waals surface area contributed by atoms with E-state index in [-0.39, 0.29) is 11.8 Å². The van der Waals surface area contributed by atoms with Crippen molar-refractivity contribution in [1.82, 2.24) is 10.2 Å². The van der Waals surface area contributed by atoms with E-state index < -0.39 is 0 Å². The Hall–Kier alpha value is -1.26. The minimum atomic E-state index is 0.137. The van der Waals surface area contributed by atoms with Gasteiger partial charge in [0.1, 0.15) is 11.5 Å². The molecule has 0 radical (unpaired) electrons. The van der Waals surface area contributed by atoms with E-state index >= 15 is 0 Å². The van der Waals surface area contributed by atoms with Crippen molar-refractivity contribution in [2.75, 3.05) is 34.3 Å². The average Bonchev–Trinajstić information content (AvgIpc) is 2.33. The van der Waals surface area contributed by atoms with Crippen molar-refractivity contribution in [3.05, 3.63) is 23.8 Å². The van der Waals surface area contributed by atoms with E-state index in [0.717, 1.165) is 25.1 Å². The summed E-state index contributed by atoms with van der Waals surface area (Å²) in [6.45, 7) is 4.05. The van der Waals surface area contributed by atoms with Crippen LogP contribution in [-0.2, 0) is 0 Å². The molecule has 18 heavy (non-hydrogen) atoms. The number of hydrogen-bond acceptors (Lipinski definition) is 4. The van der Waals surface area contributed by atoms with Crippen LogP contribution in [0.15, 0.2) is 18.2 Å². The van der Waals surface area contributed by atoms with Crippen molar-refractivity contribution in [3.63, 3.8) is 0 Å². The van der Waals surface area contributed by atoms with Crippen LogP contribution in [0, 0.1) is 0 Å². The molecule has 0 aromatic heterocycles. The van der Waals surface area contributed by atoms with Gasteiger partial charge in [-0.25, -0.2) is 0 Å². The van der Waals surface area contributed by atoms with Gasteiger partial charge in [0.2, 0.25) is 0 Å². The van der Waals surface area contributed by atoms with Gasteiger partial charge >= 0.3 is 0 Å². The number of nitrogens with zero attached hydrogens (tertiary/aromatic N) is 1. The first-order chi connectivity index (χ1) is 8.54. The minimum absolute atomic E-state index is 0.137. The van der Waals surface area contributed by atoms with Crippen molar-refractivity contribution in [2.24, 2.45) is 0 Å². The topological polar surface area (TPSA) is 44.7 Å². The lowest BCUT2D eigenvalue weighted by molar-refractivity contribution is 0.385. The molecule has 1 atom stereocenters. The van der Waals surface area contributed by atoms with E-state index in [1.807, 2.05) is 12.1 Å². The molecule has 0 amide bonds. The molecule has 1 aromatic rings. The number of hydrogen-bond donors (Lipinski definition) is 2. The van der Waals surface area contributed by atoms with Gasteiger partial charge in [0.15, 0.2) is 0 Å². The van der Waals surface area contributed by atoms with Crippen LogP contribution in [0.3, 0.4) is 0 Å². The summed E-state index contributed by atoms with van der Waals surface area (Å²) < 4.78 is 5.07. The largest absolute Gasteiger partial charge is 0.507 e. The van der Waals surface area contributed by atoms with Crippen LogP contribution in [0.5, 0.6) is 11.5 Å². The predicted molar refractivity (Wildman–Crippen MR) is 74.2 cm³/mol. The second-order valence-corrected chi connectivity index (χ2v) is 4.76. The lowest BCUT2D eigenvalue weighted by atomic mass is 10.1. The van der Waals surface area contributed by atoms with Gasteiger partial charge < -0.3 is 20.1 Å². The van der Waals surface area contributed by atoms with Crippen LogP contribution in [0.2, 0.25) is 0 Å². The van der Waals surface area contributed by atoms with E-state index in [2.05, 4.69) is 31.2 Å². The summed E-state index contributed by atoms with van der Waals surface area (Å²) in [5.41, 5.74) is 0.903. The number of phenols is 1. The highest BCUT2D eigenvalue weighted by atomic mass is 16.5. The second-order valence-electron chi connectivity index (χ2n) is 4.76. The molecule has 0 spiro atoms. The van der Waals surface area contributed by atoms with Crippen LogP contribution < -0.4 is 10.1 Å².